The number of carbonyl (C=O) groups is 1. The number of fused-ring (bicyclic) bond motifs is 3. The number of rotatable bonds is 6. The highest BCUT2D eigenvalue weighted by molar-refractivity contribution is 6.04. The largest absolute Gasteiger partial charge is 0.478 e. The zero-order chi connectivity index (χ0) is 20.4. The van der Waals surface area contributed by atoms with E-state index in [2.05, 4.69) is 23.6 Å². The number of nitrogens with zero attached hydrogens (tertiary/aromatic N) is 2. The van der Waals surface area contributed by atoms with E-state index >= 15 is 0 Å². The Bertz CT molecular complexity index is 1100. The zero-order valence-corrected chi connectivity index (χ0v) is 16.8. The van der Waals surface area contributed by atoms with Crippen LogP contribution in [0.3, 0.4) is 0 Å². The smallest absolute Gasteiger partial charge is 0.337 e. The first-order valence-corrected chi connectivity index (χ1v) is 10.5. The number of carboxylic acids is 1. The maximum Gasteiger partial charge on any atom is 0.337 e. The average Bonchev–Trinajstić information content (AvgIpc) is 3.06. The molecular weight excluding hydrogens is 360 g/mol. The molecule has 1 aliphatic carbocycles. The van der Waals surface area contributed by atoms with Crippen molar-refractivity contribution in [2.45, 2.75) is 57.9 Å². The van der Waals surface area contributed by atoms with Crippen LogP contribution in [0.15, 0.2) is 42.5 Å². The highest BCUT2D eigenvalue weighted by atomic mass is 16.4. The third kappa shape index (κ3) is 3.53. The molecule has 0 fully saturated rings. The predicted molar refractivity (Wildman–Crippen MR) is 114 cm³/mol. The van der Waals surface area contributed by atoms with Gasteiger partial charge in [-0.1, -0.05) is 44.0 Å². The maximum absolute atomic E-state index is 12.0. The summed E-state index contributed by atoms with van der Waals surface area (Å²) in [4.78, 5) is 12.0. The number of para-hydroxylation sites is 1. The van der Waals surface area contributed by atoms with Gasteiger partial charge < -0.3 is 9.67 Å². The Labute approximate surface area is 171 Å². The van der Waals surface area contributed by atoms with Crippen LogP contribution in [0.2, 0.25) is 0 Å². The van der Waals surface area contributed by atoms with E-state index in [-0.39, 0.29) is 0 Å². The van der Waals surface area contributed by atoms with Crippen molar-refractivity contribution in [2.24, 2.45) is 0 Å². The maximum atomic E-state index is 12.0. The number of unbranched alkanes of at least 4 members (excludes halogenated alkanes) is 1. The first-order chi connectivity index (χ1) is 14.1. The Morgan fingerprint density at radius 3 is 2.86 bits per heavy atom. The lowest BCUT2D eigenvalue weighted by Crippen LogP contribution is -2.13. The molecule has 4 rings (SSSR count). The molecule has 4 heteroatoms. The molecule has 3 aromatic rings. The van der Waals surface area contributed by atoms with Crippen LogP contribution < -0.4 is 0 Å². The predicted octanol–water partition coefficient (Wildman–Crippen LogP) is 5.87. The summed E-state index contributed by atoms with van der Waals surface area (Å²) in [6.45, 7) is 2.81. The second-order valence-electron chi connectivity index (χ2n) is 8.00. The van der Waals surface area contributed by atoms with Crippen molar-refractivity contribution < 1.29 is 9.90 Å². The molecule has 0 spiro atoms. The lowest BCUT2D eigenvalue weighted by molar-refractivity contribution is 0.0698. The monoisotopic (exact) mass is 386 g/mol. The second kappa shape index (κ2) is 8.13. The van der Waals surface area contributed by atoms with E-state index in [4.69, 9.17) is 0 Å². The highest BCUT2D eigenvalue weighted by Gasteiger charge is 2.29. The molecule has 4 nitrogen and oxygen atoms in total. The summed E-state index contributed by atoms with van der Waals surface area (Å²) in [5, 5.41) is 20.2. The van der Waals surface area contributed by atoms with Gasteiger partial charge in [-0.2, -0.15) is 5.26 Å². The van der Waals surface area contributed by atoms with Gasteiger partial charge in [-0.3, -0.25) is 0 Å². The molecule has 2 aromatic carbocycles. The molecule has 0 saturated carbocycles. The SMILES string of the molecule is CCCCC1CCCc2c1c1cccc(C(=O)O)c1n2Cc1cccc(C#N)c1. The standard InChI is InChI=1S/C25H26N2O2/c1-2-3-9-19-10-5-13-22-23(19)20-11-6-12-21(25(28)29)24(20)27(22)16-18-8-4-7-17(14-18)15-26/h4,6-8,11-12,14,19H,2-3,5,9-10,13,16H2,1H3,(H,28,29). The topological polar surface area (TPSA) is 66.0 Å². The third-order valence-electron chi connectivity index (χ3n) is 6.14. The molecule has 0 aliphatic heterocycles. The summed E-state index contributed by atoms with van der Waals surface area (Å²) in [6, 6.07) is 15.5. The van der Waals surface area contributed by atoms with E-state index in [0.29, 0.717) is 23.6 Å². The lowest BCUT2D eigenvalue weighted by atomic mass is 9.82. The van der Waals surface area contributed by atoms with Crippen LogP contribution in [0.5, 0.6) is 0 Å². The Kier molecular flexibility index (Phi) is 5.40. The molecule has 0 radical (unpaired) electrons. The highest BCUT2D eigenvalue weighted by Crippen LogP contribution is 2.42. The van der Waals surface area contributed by atoms with Gasteiger partial charge in [0.1, 0.15) is 0 Å². The van der Waals surface area contributed by atoms with E-state index in [9.17, 15) is 15.2 Å². The molecule has 1 atom stereocenters. The van der Waals surface area contributed by atoms with Crippen LogP contribution >= 0.6 is 0 Å². The first kappa shape index (κ1) is 19.3. The number of aromatic carboxylic acids is 1. The third-order valence-corrected chi connectivity index (χ3v) is 6.14. The Morgan fingerprint density at radius 2 is 2.10 bits per heavy atom. The van der Waals surface area contributed by atoms with Crippen molar-refractivity contribution in [1.82, 2.24) is 4.57 Å². The molecule has 1 N–H and O–H groups in total. The van der Waals surface area contributed by atoms with Crippen molar-refractivity contribution in [3.63, 3.8) is 0 Å². The minimum absolute atomic E-state index is 0.363. The number of benzene rings is 2. The summed E-state index contributed by atoms with van der Waals surface area (Å²) in [5.74, 6) is -0.389. The van der Waals surface area contributed by atoms with Crippen LogP contribution in [0.1, 0.15) is 77.7 Å². The zero-order valence-electron chi connectivity index (χ0n) is 16.8. The first-order valence-electron chi connectivity index (χ1n) is 10.5. The van der Waals surface area contributed by atoms with E-state index in [1.807, 2.05) is 24.3 Å². The van der Waals surface area contributed by atoms with Crippen molar-refractivity contribution in [1.29, 1.82) is 5.26 Å². The molecule has 1 unspecified atom stereocenters. The summed E-state index contributed by atoms with van der Waals surface area (Å²) in [5.41, 5.74) is 5.49. The van der Waals surface area contributed by atoms with Gasteiger partial charge >= 0.3 is 5.97 Å². The molecule has 0 bridgehead atoms. The Balaban J connectivity index is 1.92. The van der Waals surface area contributed by atoms with Crippen molar-refractivity contribution >= 4 is 16.9 Å². The van der Waals surface area contributed by atoms with Crippen molar-refractivity contribution in [2.75, 3.05) is 0 Å². The molecule has 1 aliphatic rings. The van der Waals surface area contributed by atoms with E-state index < -0.39 is 5.97 Å². The Morgan fingerprint density at radius 1 is 1.28 bits per heavy atom. The summed E-state index contributed by atoms with van der Waals surface area (Å²) >= 11 is 0. The number of nitriles is 1. The van der Waals surface area contributed by atoms with Crippen LogP contribution in [0, 0.1) is 11.3 Å². The van der Waals surface area contributed by atoms with E-state index in [1.54, 1.807) is 12.1 Å². The molecule has 148 valence electrons. The van der Waals surface area contributed by atoms with Crippen molar-refractivity contribution in [3.8, 4) is 6.07 Å². The molecule has 29 heavy (non-hydrogen) atoms. The summed E-state index contributed by atoms with van der Waals surface area (Å²) in [6.07, 6.45) is 6.81. The fourth-order valence-electron chi connectivity index (χ4n) is 4.88. The van der Waals surface area contributed by atoms with Crippen LogP contribution in [-0.4, -0.2) is 15.6 Å². The van der Waals surface area contributed by atoms with Gasteiger partial charge in [0.2, 0.25) is 0 Å². The van der Waals surface area contributed by atoms with E-state index in [1.165, 1.54) is 30.5 Å². The number of hydrogen-bond donors (Lipinski definition) is 1. The molecule has 1 aromatic heterocycles. The second-order valence-corrected chi connectivity index (χ2v) is 8.00. The average molecular weight is 386 g/mol. The van der Waals surface area contributed by atoms with E-state index in [0.717, 1.165) is 35.7 Å². The van der Waals surface area contributed by atoms with Gasteiger partial charge in [0.25, 0.3) is 0 Å². The number of hydrogen-bond acceptors (Lipinski definition) is 2. The van der Waals surface area contributed by atoms with Crippen LogP contribution in [-0.2, 0) is 13.0 Å². The fourth-order valence-corrected chi connectivity index (χ4v) is 4.88. The van der Waals surface area contributed by atoms with Gasteiger partial charge in [-0.05, 0) is 60.9 Å². The molecular formula is C25H26N2O2. The van der Waals surface area contributed by atoms with Crippen LogP contribution in [0.4, 0.5) is 0 Å². The van der Waals surface area contributed by atoms with Gasteiger partial charge in [-0.25, -0.2) is 4.79 Å². The minimum atomic E-state index is -0.886. The fraction of sp³-hybridized carbons (Fsp3) is 0.360. The quantitative estimate of drug-likeness (QED) is 0.576. The molecule has 0 saturated heterocycles. The lowest BCUT2D eigenvalue weighted by Gasteiger charge is -2.24. The number of carboxylic acid groups (broad SMARTS) is 1. The van der Waals surface area contributed by atoms with Crippen LogP contribution in [0.25, 0.3) is 10.9 Å². The van der Waals surface area contributed by atoms with Gasteiger partial charge in [0, 0.05) is 17.6 Å². The van der Waals surface area contributed by atoms with Gasteiger partial charge in [0.05, 0.1) is 22.7 Å². The Hall–Kier alpha value is -3.06. The normalized spacial score (nSPS) is 15.8. The summed E-state index contributed by atoms with van der Waals surface area (Å²) in [7, 11) is 0. The molecule has 1 heterocycles. The van der Waals surface area contributed by atoms with Crippen molar-refractivity contribution in [3.05, 3.63) is 70.4 Å². The number of aromatic nitrogens is 1. The van der Waals surface area contributed by atoms with Gasteiger partial charge in [-0.15, -0.1) is 0 Å². The minimum Gasteiger partial charge on any atom is -0.478 e. The van der Waals surface area contributed by atoms with Gasteiger partial charge in [0.15, 0.2) is 0 Å². The summed E-state index contributed by atoms with van der Waals surface area (Å²) < 4.78 is 2.21. The molecule has 0 amide bonds.